The van der Waals surface area contributed by atoms with Crippen LogP contribution >= 0.6 is 11.3 Å². The van der Waals surface area contributed by atoms with Crippen LogP contribution in [0.2, 0.25) is 0 Å². The van der Waals surface area contributed by atoms with Gasteiger partial charge in [0.25, 0.3) is 5.91 Å². The molecule has 1 N–H and O–H groups in total. The van der Waals surface area contributed by atoms with E-state index in [2.05, 4.69) is 5.32 Å². The van der Waals surface area contributed by atoms with Gasteiger partial charge in [-0.15, -0.1) is 11.3 Å². The molecule has 2 heterocycles. The van der Waals surface area contributed by atoms with E-state index in [-0.39, 0.29) is 23.3 Å². The zero-order chi connectivity index (χ0) is 16.3. The Labute approximate surface area is 141 Å². The van der Waals surface area contributed by atoms with Crippen molar-refractivity contribution < 1.29 is 14.3 Å². The van der Waals surface area contributed by atoms with Crippen molar-refractivity contribution in [2.45, 2.75) is 37.6 Å². The smallest absolute Gasteiger partial charge is 0.263 e. The molecule has 1 saturated carbocycles. The quantitative estimate of drug-likeness (QED) is 0.867. The van der Waals surface area contributed by atoms with Crippen molar-refractivity contribution in [1.29, 1.82) is 0 Å². The number of ether oxygens (including phenoxy) is 1. The second-order valence-electron chi connectivity index (χ2n) is 6.56. The van der Waals surface area contributed by atoms with Gasteiger partial charge in [0.15, 0.2) is 0 Å². The van der Waals surface area contributed by atoms with Crippen LogP contribution in [0.3, 0.4) is 0 Å². The third-order valence-electron chi connectivity index (χ3n) is 4.86. The highest BCUT2D eigenvalue weighted by Crippen LogP contribution is 2.33. The Kier molecular flexibility index (Phi) is 5.02. The number of carbonyl (C=O) groups excluding carboxylic acids is 2. The maximum atomic E-state index is 12.5. The molecule has 1 saturated heterocycles. The lowest BCUT2D eigenvalue weighted by molar-refractivity contribution is -0.125. The Morgan fingerprint density at radius 3 is 2.70 bits per heavy atom. The molecule has 2 amide bonds. The van der Waals surface area contributed by atoms with Crippen LogP contribution in [0, 0.1) is 5.92 Å². The monoisotopic (exact) mass is 336 g/mol. The summed E-state index contributed by atoms with van der Waals surface area (Å²) in [6, 6.07) is 3.77. The summed E-state index contributed by atoms with van der Waals surface area (Å²) >= 11 is 1.48. The summed E-state index contributed by atoms with van der Waals surface area (Å²) in [5.41, 5.74) is -0.220. The molecule has 6 heteroatoms. The number of nitrogens with one attached hydrogen (secondary N) is 1. The average Bonchev–Trinajstić information content (AvgIpc) is 3.28. The standard InChI is InChI=1S/C17H24N2O3S/c1-22-11-8-17(18-15(20)13-4-5-13)6-9-19(10-7-17)16(21)14-3-2-12-23-14/h2-3,12-13H,4-11H2,1H3,(H,18,20). The molecule has 1 aromatic heterocycles. The second-order valence-corrected chi connectivity index (χ2v) is 7.50. The van der Waals surface area contributed by atoms with E-state index in [1.807, 2.05) is 22.4 Å². The van der Waals surface area contributed by atoms with Gasteiger partial charge >= 0.3 is 0 Å². The van der Waals surface area contributed by atoms with Crippen molar-refractivity contribution in [3.05, 3.63) is 22.4 Å². The van der Waals surface area contributed by atoms with Crippen LogP contribution in [-0.4, -0.2) is 49.1 Å². The van der Waals surface area contributed by atoms with Crippen molar-refractivity contribution in [3.63, 3.8) is 0 Å². The van der Waals surface area contributed by atoms with E-state index >= 15 is 0 Å². The Morgan fingerprint density at radius 1 is 1.39 bits per heavy atom. The van der Waals surface area contributed by atoms with Crippen molar-refractivity contribution in [3.8, 4) is 0 Å². The van der Waals surface area contributed by atoms with Crippen molar-refractivity contribution in [1.82, 2.24) is 10.2 Å². The predicted octanol–water partition coefficient (Wildman–Crippen LogP) is 2.29. The van der Waals surface area contributed by atoms with E-state index in [4.69, 9.17) is 4.74 Å². The minimum atomic E-state index is -0.220. The molecule has 23 heavy (non-hydrogen) atoms. The molecule has 5 nitrogen and oxygen atoms in total. The van der Waals surface area contributed by atoms with E-state index in [9.17, 15) is 9.59 Å². The van der Waals surface area contributed by atoms with E-state index in [1.54, 1.807) is 7.11 Å². The highest BCUT2D eigenvalue weighted by atomic mass is 32.1. The van der Waals surface area contributed by atoms with E-state index in [0.29, 0.717) is 19.7 Å². The van der Waals surface area contributed by atoms with Crippen LogP contribution < -0.4 is 5.32 Å². The predicted molar refractivity (Wildman–Crippen MR) is 89.5 cm³/mol. The third kappa shape index (κ3) is 3.93. The van der Waals surface area contributed by atoms with Gasteiger partial charge in [-0.05, 0) is 43.6 Å². The second kappa shape index (κ2) is 7.01. The Balaban J connectivity index is 1.61. The molecule has 0 radical (unpaired) electrons. The maximum absolute atomic E-state index is 12.5. The lowest BCUT2D eigenvalue weighted by Crippen LogP contribution is -2.57. The number of hydrogen-bond acceptors (Lipinski definition) is 4. The van der Waals surface area contributed by atoms with Gasteiger partial charge in [-0.25, -0.2) is 0 Å². The third-order valence-corrected chi connectivity index (χ3v) is 5.72. The lowest BCUT2D eigenvalue weighted by Gasteiger charge is -2.42. The van der Waals surface area contributed by atoms with Crippen LogP contribution in [0.15, 0.2) is 17.5 Å². The summed E-state index contributed by atoms with van der Waals surface area (Å²) in [5, 5.41) is 5.20. The first kappa shape index (κ1) is 16.5. The number of amides is 2. The summed E-state index contributed by atoms with van der Waals surface area (Å²) in [6.07, 6.45) is 4.42. The zero-order valence-electron chi connectivity index (χ0n) is 13.5. The minimum absolute atomic E-state index is 0.105. The number of hydrogen-bond donors (Lipinski definition) is 1. The number of rotatable bonds is 6. The largest absolute Gasteiger partial charge is 0.385 e. The highest BCUT2D eigenvalue weighted by molar-refractivity contribution is 7.12. The van der Waals surface area contributed by atoms with Gasteiger partial charge in [-0.2, -0.15) is 0 Å². The van der Waals surface area contributed by atoms with E-state index < -0.39 is 0 Å². The molecule has 2 fully saturated rings. The summed E-state index contributed by atoms with van der Waals surface area (Å²) in [4.78, 5) is 27.4. The highest BCUT2D eigenvalue weighted by Gasteiger charge is 2.40. The van der Waals surface area contributed by atoms with Crippen molar-refractivity contribution in [2.75, 3.05) is 26.8 Å². The zero-order valence-corrected chi connectivity index (χ0v) is 14.4. The number of carbonyl (C=O) groups is 2. The number of nitrogens with zero attached hydrogens (tertiary/aromatic N) is 1. The molecule has 2 aliphatic rings. The van der Waals surface area contributed by atoms with Gasteiger partial charge in [0.2, 0.25) is 5.91 Å². The molecule has 0 unspecified atom stereocenters. The normalized spacial score (nSPS) is 20.3. The molecule has 126 valence electrons. The molecule has 1 aromatic rings. The summed E-state index contributed by atoms with van der Waals surface area (Å²) in [6.45, 7) is 2.00. The Hall–Kier alpha value is -1.40. The maximum Gasteiger partial charge on any atom is 0.263 e. The van der Waals surface area contributed by atoms with Crippen LogP contribution in [0.5, 0.6) is 0 Å². The summed E-state index contributed by atoms with van der Waals surface area (Å²) in [7, 11) is 1.69. The average molecular weight is 336 g/mol. The van der Waals surface area contributed by atoms with Gasteiger partial charge in [0, 0.05) is 38.3 Å². The molecular weight excluding hydrogens is 312 g/mol. The van der Waals surface area contributed by atoms with Crippen LogP contribution in [0.1, 0.15) is 41.8 Å². The van der Waals surface area contributed by atoms with E-state index in [0.717, 1.165) is 37.0 Å². The van der Waals surface area contributed by atoms with E-state index in [1.165, 1.54) is 11.3 Å². The van der Waals surface area contributed by atoms with Crippen LogP contribution in [0.25, 0.3) is 0 Å². The van der Waals surface area contributed by atoms with Crippen molar-refractivity contribution in [2.24, 2.45) is 5.92 Å². The van der Waals surface area contributed by atoms with Crippen LogP contribution in [0.4, 0.5) is 0 Å². The first-order valence-electron chi connectivity index (χ1n) is 8.27. The molecular formula is C17H24N2O3S. The molecule has 0 spiro atoms. The molecule has 1 aliphatic heterocycles. The molecule has 3 rings (SSSR count). The van der Waals surface area contributed by atoms with Gasteiger partial charge in [0.1, 0.15) is 0 Å². The van der Waals surface area contributed by atoms with Crippen molar-refractivity contribution >= 4 is 23.2 Å². The SMILES string of the molecule is COCCC1(NC(=O)C2CC2)CCN(C(=O)c2cccs2)CC1. The van der Waals surface area contributed by atoms with Gasteiger partial charge in [-0.1, -0.05) is 6.07 Å². The first-order chi connectivity index (χ1) is 11.1. The number of methoxy groups -OCH3 is 1. The van der Waals surface area contributed by atoms with Gasteiger partial charge in [-0.3, -0.25) is 9.59 Å². The summed E-state index contributed by atoms with van der Waals surface area (Å²) < 4.78 is 5.23. The topological polar surface area (TPSA) is 58.6 Å². The number of piperidine rings is 1. The Morgan fingerprint density at radius 2 is 2.13 bits per heavy atom. The van der Waals surface area contributed by atoms with Crippen LogP contribution in [-0.2, 0) is 9.53 Å². The molecule has 0 bridgehead atoms. The number of thiophene rings is 1. The fraction of sp³-hybridized carbons (Fsp3) is 0.647. The first-order valence-corrected chi connectivity index (χ1v) is 9.15. The molecule has 0 aromatic carbocycles. The molecule has 0 atom stereocenters. The molecule has 1 aliphatic carbocycles. The Bertz CT molecular complexity index is 546. The fourth-order valence-corrected chi connectivity index (χ4v) is 3.83. The summed E-state index contributed by atoms with van der Waals surface area (Å²) in [5.74, 6) is 0.494. The lowest BCUT2D eigenvalue weighted by atomic mass is 9.84. The van der Waals surface area contributed by atoms with Gasteiger partial charge < -0.3 is 15.0 Å². The van der Waals surface area contributed by atoms with Gasteiger partial charge in [0.05, 0.1) is 4.88 Å². The number of likely N-dealkylation sites (tertiary alicyclic amines) is 1. The minimum Gasteiger partial charge on any atom is -0.385 e. The fourth-order valence-electron chi connectivity index (χ4n) is 3.14.